The van der Waals surface area contributed by atoms with E-state index in [1.54, 1.807) is 19.1 Å². The Bertz CT molecular complexity index is 375. The molecule has 0 aliphatic carbocycles. The second-order valence-electron chi connectivity index (χ2n) is 3.24. The second-order valence-corrected chi connectivity index (χ2v) is 4.10. The van der Waals surface area contributed by atoms with Crippen LogP contribution in [0.25, 0.3) is 0 Å². The SMILES string of the molecule is CCOc1cc(CN)cc(Br)c1OCC(F)F. The summed E-state index contributed by atoms with van der Waals surface area (Å²) in [5.74, 6) is 0.701. The first-order valence-corrected chi connectivity index (χ1v) is 5.94. The Morgan fingerprint density at radius 1 is 1.35 bits per heavy atom. The molecule has 0 fully saturated rings. The lowest BCUT2D eigenvalue weighted by molar-refractivity contribution is 0.0796. The fourth-order valence-corrected chi connectivity index (χ4v) is 1.89. The van der Waals surface area contributed by atoms with Crippen LogP contribution in [0.2, 0.25) is 0 Å². The van der Waals surface area contributed by atoms with Crippen molar-refractivity contribution in [2.24, 2.45) is 5.73 Å². The van der Waals surface area contributed by atoms with Crippen molar-refractivity contribution in [1.82, 2.24) is 0 Å². The Kier molecular flexibility index (Phi) is 5.64. The van der Waals surface area contributed by atoms with Gasteiger partial charge in [0.2, 0.25) is 0 Å². The number of nitrogens with two attached hydrogens (primary N) is 1. The number of ether oxygens (including phenoxy) is 2. The highest BCUT2D eigenvalue weighted by molar-refractivity contribution is 9.10. The van der Waals surface area contributed by atoms with Crippen LogP contribution >= 0.6 is 15.9 Å². The maximum absolute atomic E-state index is 12.1. The summed E-state index contributed by atoms with van der Waals surface area (Å²) in [6, 6.07) is 3.42. The summed E-state index contributed by atoms with van der Waals surface area (Å²) in [7, 11) is 0. The molecule has 0 atom stereocenters. The van der Waals surface area contributed by atoms with E-state index in [9.17, 15) is 8.78 Å². The average molecular weight is 310 g/mol. The van der Waals surface area contributed by atoms with Gasteiger partial charge >= 0.3 is 0 Å². The van der Waals surface area contributed by atoms with Crippen LogP contribution in [0.5, 0.6) is 11.5 Å². The molecule has 0 bridgehead atoms. The number of halogens is 3. The van der Waals surface area contributed by atoms with Crippen molar-refractivity contribution in [3.05, 3.63) is 22.2 Å². The lowest BCUT2D eigenvalue weighted by atomic mass is 10.2. The van der Waals surface area contributed by atoms with Crippen molar-refractivity contribution < 1.29 is 18.3 Å². The maximum Gasteiger partial charge on any atom is 0.272 e. The standard InChI is InChI=1S/C11H14BrF2NO2/c1-2-16-9-4-7(5-15)3-8(12)11(9)17-6-10(13)14/h3-4,10H,2,5-6,15H2,1H3. The van der Waals surface area contributed by atoms with E-state index < -0.39 is 13.0 Å². The molecule has 1 aromatic carbocycles. The molecule has 17 heavy (non-hydrogen) atoms. The van der Waals surface area contributed by atoms with Gasteiger partial charge in [0.15, 0.2) is 11.5 Å². The van der Waals surface area contributed by atoms with Gasteiger partial charge in [0.05, 0.1) is 11.1 Å². The van der Waals surface area contributed by atoms with Crippen LogP contribution in [0.1, 0.15) is 12.5 Å². The van der Waals surface area contributed by atoms with Crippen LogP contribution in [-0.2, 0) is 6.54 Å². The Balaban J connectivity index is 2.98. The molecule has 0 saturated heterocycles. The largest absolute Gasteiger partial charge is 0.490 e. The molecule has 96 valence electrons. The first-order chi connectivity index (χ1) is 8.08. The Labute approximate surface area is 107 Å². The van der Waals surface area contributed by atoms with Gasteiger partial charge < -0.3 is 15.2 Å². The predicted octanol–water partition coefficient (Wildman–Crippen LogP) is 2.95. The molecule has 0 aliphatic heterocycles. The van der Waals surface area contributed by atoms with Crippen molar-refractivity contribution >= 4 is 15.9 Å². The Morgan fingerprint density at radius 3 is 2.59 bits per heavy atom. The molecule has 0 spiro atoms. The Hall–Kier alpha value is -0.880. The van der Waals surface area contributed by atoms with Crippen LogP contribution in [0.4, 0.5) is 8.78 Å². The van der Waals surface area contributed by atoms with E-state index in [1.165, 1.54) is 0 Å². The molecular formula is C11H14BrF2NO2. The molecule has 0 unspecified atom stereocenters. The van der Waals surface area contributed by atoms with Gasteiger partial charge in [-0.2, -0.15) is 0 Å². The van der Waals surface area contributed by atoms with Crippen molar-refractivity contribution in [2.45, 2.75) is 19.9 Å². The normalized spacial score (nSPS) is 10.7. The van der Waals surface area contributed by atoms with Gasteiger partial charge in [-0.15, -0.1) is 0 Å². The Morgan fingerprint density at radius 2 is 2.06 bits per heavy atom. The smallest absolute Gasteiger partial charge is 0.272 e. The van der Waals surface area contributed by atoms with Gasteiger partial charge in [0, 0.05) is 6.54 Å². The molecule has 0 amide bonds. The molecule has 1 aromatic rings. The fourth-order valence-electron chi connectivity index (χ4n) is 1.29. The van der Waals surface area contributed by atoms with Crippen molar-refractivity contribution in [2.75, 3.05) is 13.2 Å². The third-order valence-corrected chi connectivity index (χ3v) is 2.55. The zero-order valence-electron chi connectivity index (χ0n) is 9.38. The molecule has 3 nitrogen and oxygen atoms in total. The van der Waals surface area contributed by atoms with Crippen molar-refractivity contribution in [1.29, 1.82) is 0 Å². The number of hydrogen-bond acceptors (Lipinski definition) is 3. The van der Waals surface area contributed by atoms with Crippen LogP contribution < -0.4 is 15.2 Å². The number of hydrogen-bond donors (Lipinski definition) is 1. The van der Waals surface area contributed by atoms with E-state index in [-0.39, 0.29) is 5.75 Å². The summed E-state index contributed by atoms with van der Waals surface area (Å²) in [5, 5.41) is 0. The van der Waals surface area contributed by atoms with E-state index in [2.05, 4.69) is 15.9 Å². The summed E-state index contributed by atoms with van der Waals surface area (Å²) < 4.78 is 35.1. The first-order valence-electron chi connectivity index (χ1n) is 5.14. The highest BCUT2D eigenvalue weighted by atomic mass is 79.9. The van der Waals surface area contributed by atoms with Crippen LogP contribution in [0.3, 0.4) is 0 Å². The second kappa shape index (κ2) is 6.76. The molecule has 0 saturated carbocycles. The zero-order valence-corrected chi connectivity index (χ0v) is 11.0. The first kappa shape index (κ1) is 14.2. The van der Waals surface area contributed by atoms with Crippen LogP contribution in [0, 0.1) is 0 Å². The molecule has 0 radical (unpaired) electrons. The van der Waals surface area contributed by atoms with Gasteiger partial charge in [-0.1, -0.05) is 0 Å². The highest BCUT2D eigenvalue weighted by Crippen LogP contribution is 2.37. The number of benzene rings is 1. The quantitative estimate of drug-likeness (QED) is 0.878. The zero-order chi connectivity index (χ0) is 12.8. The molecule has 0 aliphatic rings. The van der Waals surface area contributed by atoms with Crippen molar-refractivity contribution in [3.8, 4) is 11.5 Å². The van der Waals surface area contributed by atoms with E-state index in [1.807, 2.05) is 0 Å². The summed E-state index contributed by atoms with van der Waals surface area (Å²) in [6.45, 7) is 1.90. The third-order valence-electron chi connectivity index (χ3n) is 1.96. The molecular weight excluding hydrogens is 296 g/mol. The van der Waals surface area contributed by atoms with Gasteiger partial charge in [-0.05, 0) is 40.5 Å². The minimum atomic E-state index is -2.52. The molecule has 6 heteroatoms. The summed E-state index contributed by atoms with van der Waals surface area (Å²) in [4.78, 5) is 0. The third kappa shape index (κ3) is 4.12. The fraction of sp³-hybridized carbons (Fsp3) is 0.455. The summed E-state index contributed by atoms with van der Waals surface area (Å²) in [6.07, 6.45) is -2.52. The molecule has 1 rings (SSSR count). The van der Waals surface area contributed by atoms with Crippen LogP contribution in [0.15, 0.2) is 16.6 Å². The molecule has 0 aromatic heterocycles. The average Bonchev–Trinajstić information content (AvgIpc) is 2.27. The minimum Gasteiger partial charge on any atom is -0.490 e. The monoisotopic (exact) mass is 309 g/mol. The minimum absolute atomic E-state index is 0.282. The van der Waals surface area contributed by atoms with Gasteiger partial charge in [-0.25, -0.2) is 8.78 Å². The number of rotatable bonds is 6. The lowest BCUT2D eigenvalue weighted by Gasteiger charge is -2.14. The molecule has 0 heterocycles. The van der Waals surface area contributed by atoms with E-state index in [0.29, 0.717) is 23.4 Å². The highest BCUT2D eigenvalue weighted by Gasteiger charge is 2.14. The van der Waals surface area contributed by atoms with E-state index in [0.717, 1.165) is 5.56 Å². The van der Waals surface area contributed by atoms with E-state index >= 15 is 0 Å². The van der Waals surface area contributed by atoms with Gasteiger partial charge in [0.25, 0.3) is 6.43 Å². The van der Waals surface area contributed by atoms with E-state index in [4.69, 9.17) is 15.2 Å². The summed E-state index contributed by atoms with van der Waals surface area (Å²) in [5.41, 5.74) is 6.36. The predicted molar refractivity (Wildman–Crippen MR) is 64.7 cm³/mol. The van der Waals surface area contributed by atoms with Gasteiger partial charge in [0.1, 0.15) is 6.61 Å². The molecule has 2 N–H and O–H groups in total. The van der Waals surface area contributed by atoms with Gasteiger partial charge in [-0.3, -0.25) is 0 Å². The maximum atomic E-state index is 12.1. The number of alkyl halides is 2. The lowest BCUT2D eigenvalue weighted by Crippen LogP contribution is -2.09. The topological polar surface area (TPSA) is 44.5 Å². The summed E-state index contributed by atoms with van der Waals surface area (Å²) >= 11 is 3.25. The van der Waals surface area contributed by atoms with Crippen molar-refractivity contribution in [3.63, 3.8) is 0 Å². The van der Waals surface area contributed by atoms with Crippen LogP contribution in [-0.4, -0.2) is 19.6 Å².